The number of ether oxygens (including phenoxy) is 2. The summed E-state index contributed by atoms with van der Waals surface area (Å²) in [6.45, 7) is 0.948. The van der Waals surface area contributed by atoms with Crippen molar-refractivity contribution in [3.8, 4) is 11.5 Å². The van der Waals surface area contributed by atoms with Gasteiger partial charge in [-0.2, -0.15) is 9.50 Å². The van der Waals surface area contributed by atoms with Crippen molar-refractivity contribution in [2.24, 2.45) is 0 Å². The minimum Gasteiger partial charge on any atom is -0.497 e. The highest BCUT2D eigenvalue weighted by Gasteiger charge is 2.08. The number of nitrogens with one attached hydrogen (secondary N) is 3. The maximum Gasteiger partial charge on any atom is 0.274 e. The number of aromatic amines is 1. The summed E-state index contributed by atoms with van der Waals surface area (Å²) < 4.78 is 11.6. The van der Waals surface area contributed by atoms with Crippen molar-refractivity contribution in [3.63, 3.8) is 0 Å². The summed E-state index contributed by atoms with van der Waals surface area (Å²) in [5, 5.41) is 9.34. The first kappa shape index (κ1) is 19.3. The Morgan fingerprint density at radius 2 is 1.57 bits per heavy atom. The average molecular weight is 406 g/mol. The topological polar surface area (TPSA) is 106 Å². The van der Waals surface area contributed by atoms with Gasteiger partial charge in [0.2, 0.25) is 5.95 Å². The lowest BCUT2D eigenvalue weighted by molar-refractivity contribution is 0.414. The highest BCUT2D eigenvalue weighted by Crippen LogP contribution is 2.16. The molecule has 2 heterocycles. The molecule has 0 amide bonds. The molecule has 0 saturated heterocycles. The van der Waals surface area contributed by atoms with E-state index < -0.39 is 0 Å². The molecule has 0 spiro atoms. The number of anilines is 2. The second-order valence-corrected chi connectivity index (χ2v) is 6.58. The summed E-state index contributed by atoms with van der Waals surface area (Å²) in [6.07, 6.45) is 0. The SMILES string of the molecule is COc1ccc(CNc2nc3nc(CNc4ccc(OC)cc4)cc(=O)n3[nH]2)cc1. The fourth-order valence-corrected chi connectivity index (χ4v) is 2.93. The molecule has 30 heavy (non-hydrogen) atoms. The third-order valence-corrected chi connectivity index (χ3v) is 4.57. The molecular weight excluding hydrogens is 384 g/mol. The van der Waals surface area contributed by atoms with E-state index in [-0.39, 0.29) is 5.56 Å². The van der Waals surface area contributed by atoms with Crippen molar-refractivity contribution in [3.05, 3.63) is 76.2 Å². The van der Waals surface area contributed by atoms with E-state index in [9.17, 15) is 4.79 Å². The van der Waals surface area contributed by atoms with E-state index in [1.807, 2.05) is 48.5 Å². The summed E-state index contributed by atoms with van der Waals surface area (Å²) in [7, 11) is 3.26. The Kier molecular flexibility index (Phi) is 5.51. The molecule has 0 aliphatic heterocycles. The number of aromatic nitrogens is 4. The van der Waals surface area contributed by atoms with Gasteiger partial charge >= 0.3 is 0 Å². The van der Waals surface area contributed by atoms with Crippen molar-refractivity contribution in [2.75, 3.05) is 24.9 Å². The van der Waals surface area contributed by atoms with Gasteiger partial charge in [-0.05, 0) is 42.0 Å². The Balaban J connectivity index is 1.44. The molecule has 2 aromatic carbocycles. The lowest BCUT2D eigenvalue weighted by atomic mass is 10.2. The lowest BCUT2D eigenvalue weighted by Crippen LogP contribution is -2.17. The first-order valence-electron chi connectivity index (χ1n) is 9.38. The maximum atomic E-state index is 12.4. The van der Waals surface area contributed by atoms with E-state index in [0.717, 1.165) is 22.7 Å². The Morgan fingerprint density at radius 3 is 2.23 bits per heavy atom. The standard InChI is InChI=1S/C21H22N6O3/c1-29-17-7-3-14(4-8-17)12-23-20-25-21-24-16(11-19(28)27(21)26-20)13-22-15-5-9-18(30-2)10-6-15/h3-11,22H,12-13H2,1-2H3,(H2,23,24,25,26). The molecule has 0 unspecified atom stereocenters. The van der Waals surface area contributed by atoms with Crippen molar-refractivity contribution in [2.45, 2.75) is 13.1 Å². The van der Waals surface area contributed by atoms with Crippen molar-refractivity contribution in [1.29, 1.82) is 0 Å². The second-order valence-electron chi connectivity index (χ2n) is 6.58. The zero-order valence-corrected chi connectivity index (χ0v) is 16.7. The van der Waals surface area contributed by atoms with E-state index in [0.29, 0.717) is 30.5 Å². The number of rotatable bonds is 8. The molecule has 0 bridgehead atoms. The van der Waals surface area contributed by atoms with Gasteiger partial charge < -0.3 is 20.1 Å². The second kappa shape index (κ2) is 8.56. The van der Waals surface area contributed by atoms with Gasteiger partial charge in [0.1, 0.15) is 11.5 Å². The van der Waals surface area contributed by atoms with Crippen LogP contribution in [0.3, 0.4) is 0 Å². The van der Waals surface area contributed by atoms with Gasteiger partial charge in [0.15, 0.2) is 0 Å². The van der Waals surface area contributed by atoms with Gasteiger partial charge in [0, 0.05) is 18.3 Å². The Bertz CT molecular complexity index is 1180. The van der Waals surface area contributed by atoms with Crippen molar-refractivity contribution < 1.29 is 9.47 Å². The molecule has 2 aromatic heterocycles. The molecule has 0 fully saturated rings. The average Bonchev–Trinajstić information content (AvgIpc) is 3.20. The highest BCUT2D eigenvalue weighted by molar-refractivity contribution is 5.47. The van der Waals surface area contributed by atoms with Crippen LogP contribution in [0, 0.1) is 0 Å². The monoisotopic (exact) mass is 406 g/mol. The number of H-pyrrole nitrogens is 1. The zero-order chi connectivity index (χ0) is 20.9. The van der Waals surface area contributed by atoms with E-state index in [1.165, 1.54) is 10.6 Å². The Labute approximate surface area is 172 Å². The summed E-state index contributed by atoms with van der Waals surface area (Å²) in [5.74, 6) is 2.36. The van der Waals surface area contributed by atoms with Gasteiger partial charge in [-0.15, -0.1) is 0 Å². The quantitative estimate of drug-likeness (QED) is 0.413. The van der Waals surface area contributed by atoms with Crippen LogP contribution < -0.4 is 25.7 Å². The predicted octanol–water partition coefficient (Wildman–Crippen LogP) is 2.66. The summed E-state index contributed by atoms with van der Waals surface area (Å²) >= 11 is 0. The van der Waals surface area contributed by atoms with E-state index in [2.05, 4.69) is 25.7 Å². The molecule has 0 aliphatic carbocycles. The highest BCUT2D eigenvalue weighted by atomic mass is 16.5. The van der Waals surface area contributed by atoms with Gasteiger partial charge in [-0.3, -0.25) is 9.89 Å². The van der Waals surface area contributed by atoms with E-state index >= 15 is 0 Å². The van der Waals surface area contributed by atoms with Gasteiger partial charge in [-0.1, -0.05) is 12.1 Å². The van der Waals surface area contributed by atoms with Crippen LogP contribution in [-0.4, -0.2) is 33.8 Å². The number of hydrogen-bond donors (Lipinski definition) is 3. The number of hydrogen-bond acceptors (Lipinski definition) is 7. The largest absolute Gasteiger partial charge is 0.497 e. The van der Waals surface area contributed by atoms with Gasteiger partial charge in [0.25, 0.3) is 11.3 Å². The number of benzene rings is 2. The molecule has 3 N–H and O–H groups in total. The van der Waals surface area contributed by atoms with E-state index in [1.54, 1.807) is 14.2 Å². The molecule has 9 nitrogen and oxygen atoms in total. The van der Waals surface area contributed by atoms with Crippen molar-refractivity contribution >= 4 is 17.4 Å². The predicted molar refractivity (Wildman–Crippen MR) is 114 cm³/mol. The first-order valence-corrected chi connectivity index (χ1v) is 9.38. The summed E-state index contributed by atoms with van der Waals surface area (Å²) in [4.78, 5) is 21.3. The molecule has 0 radical (unpaired) electrons. The van der Waals surface area contributed by atoms with Crippen molar-refractivity contribution in [1.82, 2.24) is 19.6 Å². The van der Waals surface area contributed by atoms with Crippen LogP contribution in [0.4, 0.5) is 11.6 Å². The first-order chi connectivity index (χ1) is 14.6. The van der Waals surface area contributed by atoms with E-state index in [4.69, 9.17) is 9.47 Å². The van der Waals surface area contributed by atoms with Gasteiger partial charge in [0.05, 0.1) is 26.5 Å². The van der Waals surface area contributed by atoms with Crippen LogP contribution >= 0.6 is 0 Å². The fourth-order valence-electron chi connectivity index (χ4n) is 2.93. The number of methoxy groups -OCH3 is 2. The molecule has 0 aliphatic rings. The summed E-state index contributed by atoms with van der Waals surface area (Å²) in [5.41, 5.74) is 2.34. The molecule has 4 rings (SSSR count). The molecule has 4 aromatic rings. The summed E-state index contributed by atoms with van der Waals surface area (Å²) in [6, 6.07) is 16.7. The smallest absolute Gasteiger partial charge is 0.274 e. The zero-order valence-electron chi connectivity index (χ0n) is 16.7. The van der Waals surface area contributed by atoms with Crippen LogP contribution in [0.15, 0.2) is 59.4 Å². The number of fused-ring (bicyclic) bond motifs is 1. The van der Waals surface area contributed by atoms with Crippen LogP contribution in [0.2, 0.25) is 0 Å². The lowest BCUT2D eigenvalue weighted by Gasteiger charge is -2.06. The third-order valence-electron chi connectivity index (χ3n) is 4.57. The molecule has 0 saturated carbocycles. The number of nitrogens with zero attached hydrogens (tertiary/aromatic N) is 3. The van der Waals surface area contributed by atoms with Gasteiger partial charge in [-0.25, -0.2) is 4.98 Å². The van der Waals surface area contributed by atoms with Crippen LogP contribution in [0.5, 0.6) is 11.5 Å². The van der Waals surface area contributed by atoms with Crippen LogP contribution in [0.25, 0.3) is 5.78 Å². The minimum absolute atomic E-state index is 0.225. The third kappa shape index (κ3) is 4.35. The fraction of sp³-hybridized carbons (Fsp3) is 0.190. The normalized spacial score (nSPS) is 10.7. The van der Waals surface area contributed by atoms with Crippen LogP contribution in [-0.2, 0) is 13.1 Å². The van der Waals surface area contributed by atoms with Crippen LogP contribution in [0.1, 0.15) is 11.3 Å². The Morgan fingerprint density at radius 1 is 0.900 bits per heavy atom. The molecule has 0 atom stereocenters. The molecule has 154 valence electrons. The molecule has 9 heteroatoms. The maximum absolute atomic E-state index is 12.4. The Hall–Kier alpha value is -4.01. The minimum atomic E-state index is -0.225. The molecular formula is C21H22N6O3.